The lowest BCUT2D eigenvalue weighted by molar-refractivity contribution is -0.129. The van der Waals surface area contributed by atoms with Gasteiger partial charge in [-0.3, -0.25) is 4.79 Å². The van der Waals surface area contributed by atoms with E-state index in [0.717, 1.165) is 44.9 Å². The van der Waals surface area contributed by atoms with Crippen LogP contribution in [0.25, 0.3) is 11.0 Å². The number of amides is 1. The molecule has 1 amide bonds. The van der Waals surface area contributed by atoms with E-state index < -0.39 is 0 Å². The fourth-order valence-electron chi connectivity index (χ4n) is 4.14. The second kappa shape index (κ2) is 7.64. The molecule has 0 saturated carbocycles. The molecule has 32 heavy (non-hydrogen) atoms. The number of carbonyl (C=O) groups excluding carboxylic acids is 1. The Hall–Kier alpha value is -3.94. The van der Waals surface area contributed by atoms with Crippen LogP contribution in [0.1, 0.15) is 29.2 Å². The van der Waals surface area contributed by atoms with Crippen LogP contribution in [-0.4, -0.2) is 30.6 Å². The van der Waals surface area contributed by atoms with E-state index in [-0.39, 0.29) is 5.91 Å². The molecule has 0 aliphatic carbocycles. The lowest BCUT2D eigenvalue weighted by Gasteiger charge is -2.11. The molecule has 0 fully saturated rings. The second-order valence-corrected chi connectivity index (χ2v) is 8.28. The van der Waals surface area contributed by atoms with Crippen LogP contribution in [0.2, 0.25) is 0 Å². The van der Waals surface area contributed by atoms with Gasteiger partial charge in [-0.05, 0) is 48.2 Å². The van der Waals surface area contributed by atoms with Crippen molar-refractivity contribution in [1.82, 2.24) is 24.6 Å². The van der Waals surface area contributed by atoms with Crippen LogP contribution in [0, 0.1) is 13.8 Å². The Balaban J connectivity index is 1.41. The number of aryl methyl sites for hydroxylation is 3. The third kappa shape index (κ3) is 3.53. The lowest BCUT2D eigenvalue weighted by Crippen LogP contribution is -2.21. The average molecular weight is 428 g/mol. The molecule has 0 unspecified atom stereocenters. The van der Waals surface area contributed by atoms with Gasteiger partial charge in [0.25, 0.3) is 0 Å². The van der Waals surface area contributed by atoms with Gasteiger partial charge in [-0.15, -0.1) is 0 Å². The van der Waals surface area contributed by atoms with E-state index in [1.807, 2.05) is 24.1 Å². The smallest absolute Gasteiger partial charge is 0.229 e. The van der Waals surface area contributed by atoms with Crippen molar-refractivity contribution >= 4 is 40.1 Å². The van der Waals surface area contributed by atoms with Crippen molar-refractivity contribution in [2.24, 2.45) is 7.05 Å². The molecule has 0 spiro atoms. The minimum absolute atomic E-state index is 0.0889. The van der Waals surface area contributed by atoms with E-state index in [9.17, 15) is 4.79 Å². The third-order valence-electron chi connectivity index (χ3n) is 5.93. The van der Waals surface area contributed by atoms with Crippen LogP contribution in [-0.2, 0) is 24.9 Å². The first-order chi connectivity index (χ1) is 15.4. The highest BCUT2D eigenvalue weighted by atomic mass is 16.2. The van der Waals surface area contributed by atoms with Crippen molar-refractivity contribution in [3.63, 3.8) is 0 Å². The zero-order valence-corrected chi connectivity index (χ0v) is 18.6. The number of nitrogens with one attached hydrogen (secondary N) is 2. The van der Waals surface area contributed by atoms with Gasteiger partial charge >= 0.3 is 0 Å². The molecule has 8 nitrogen and oxygen atoms in total. The van der Waals surface area contributed by atoms with E-state index >= 15 is 0 Å². The predicted octanol–water partition coefficient (Wildman–Crippen LogP) is 4.33. The van der Waals surface area contributed by atoms with E-state index in [1.165, 1.54) is 5.56 Å². The van der Waals surface area contributed by atoms with Gasteiger partial charge in [0.2, 0.25) is 11.9 Å². The minimum Gasteiger partial charge on any atom is -0.338 e. The Morgan fingerprint density at radius 2 is 1.78 bits per heavy atom. The molecule has 2 aromatic heterocycles. The molecule has 3 heterocycles. The number of rotatable bonds is 4. The molecular formula is C24H25N7O. The Kier molecular flexibility index (Phi) is 4.77. The molecule has 0 radical (unpaired) electrons. The maximum absolute atomic E-state index is 11.7. The highest BCUT2D eigenvalue weighted by Crippen LogP contribution is 2.30. The quantitative estimate of drug-likeness (QED) is 0.504. The van der Waals surface area contributed by atoms with Gasteiger partial charge in [-0.25, -0.2) is 9.67 Å². The first kappa shape index (κ1) is 20.0. The normalized spacial score (nSPS) is 12.8. The molecule has 0 saturated heterocycles. The third-order valence-corrected chi connectivity index (χ3v) is 5.93. The van der Waals surface area contributed by atoms with Gasteiger partial charge < -0.3 is 15.5 Å². The molecule has 2 aromatic carbocycles. The van der Waals surface area contributed by atoms with Crippen molar-refractivity contribution in [2.45, 2.75) is 33.9 Å². The summed E-state index contributed by atoms with van der Waals surface area (Å²) in [6.07, 6.45) is 1.79. The van der Waals surface area contributed by atoms with Crippen LogP contribution < -0.4 is 10.6 Å². The standard InChI is InChI=1S/C24H25N7O/c1-14-6-5-7-15(2)21(14)27-22-20-11-25-24(28-23(20)30(4)29-22)26-19-9-8-17-12-31(16(3)32)13-18(17)10-19/h5-11H,12-13H2,1-4H3,(H,27,29)(H,25,26,28). The number of benzene rings is 2. The van der Waals surface area contributed by atoms with Gasteiger partial charge in [-0.1, -0.05) is 24.3 Å². The number of hydrogen-bond acceptors (Lipinski definition) is 6. The summed E-state index contributed by atoms with van der Waals surface area (Å²) in [6, 6.07) is 12.3. The first-order valence-electron chi connectivity index (χ1n) is 10.6. The molecule has 0 bridgehead atoms. The van der Waals surface area contributed by atoms with Crippen molar-refractivity contribution in [2.75, 3.05) is 10.6 Å². The average Bonchev–Trinajstić information content (AvgIpc) is 3.32. The predicted molar refractivity (Wildman–Crippen MR) is 125 cm³/mol. The molecule has 5 rings (SSSR count). The highest BCUT2D eigenvalue weighted by molar-refractivity contribution is 5.90. The molecule has 162 valence electrons. The van der Waals surface area contributed by atoms with E-state index in [2.05, 4.69) is 63.8 Å². The maximum Gasteiger partial charge on any atom is 0.229 e. The van der Waals surface area contributed by atoms with Crippen molar-refractivity contribution in [1.29, 1.82) is 0 Å². The summed E-state index contributed by atoms with van der Waals surface area (Å²) >= 11 is 0. The SMILES string of the molecule is CC(=O)N1Cc2ccc(Nc3ncc4c(Nc5c(C)cccc5C)nn(C)c4n3)cc2C1. The van der Waals surface area contributed by atoms with Crippen LogP contribution in [0.4, 0.5) is 23.1 Å². The summed E-state index contributed by atoms with van der Waals surface area (Å²) in [5.74, 6) is 1.32. The molecule has 8 heteroatoms. The number of fused-ring (bicyclic) bond motifs is 2. The van der Waals surface area contributed by atoms with Crippen LogP contribution in [0.5, 0.6) is 0 Å². The van der Waals surface area contributed by atoms with Gasteiger partial charge in [0, 0.05) is 44.6 Å². The number of nitrogens with zero attached hydrogens (tertiary/aromatic N) is 5. The summed E-state index contributed by atoms with van der Waals surface area (Å²) in [7, 11) is 1.88. The lowest BCUT2D eigenvalue weighted by atomic mass is 10.1. The molecule has 1 aliphatic heterocycles. The Morgan fingerprint density at radius 3 is 2.53 bits per heavy atom. The Bertz CT molecular complexity index is 1340. The van der Waals surface area contributed by atoms with Crippen molar-refractivity contribution in [3.05, 3.63) is 64.8 Å². The van der Waals surface area contributed by atoms with E-state index in [4.69, 9.17) is 0 Å². The zero-order chi connectivity index (χ0) is 22.4. The maximum atomic E-state index is 11.7. The summed E-state index contributed by atoms with van der Waals surface area (Å²) in [5, 5.41) is 12.2. The first-order valence-corrected chi connectivity index (χ1v) is 10.6. The molecule has 2 N–H and O–H groups in total. The van der Waals surface area contributed by atoms with Crippen molar-refractivity contribution < 1.29 is 4.79 Å². The number of aromatic nitrogens is 4. The monoisotopic (exact) mass is 427 g/mol. The minimum atomic E-state index is 0.0889. The highest BCUT2D eigenvalue weighted by Gasteiger charge is 2.21. The second-order valence-electron chi connectivity index (χ2n) is 8.28. The van der Waals surface area contributed by atoms with Gasteiger partial charge in [0.1, 0.15) is 0 Å². The summed E-state index contributed by atoms with van der Waals surface area (Å²) in [4.78, 5) is 22.7. The zero-order valence-electron chi connectivity index (χ0n) is 18.6. The van der Waals surface area contributed by atoms with E-state index in [0.29, 0.717) is 19.0 Å². The number of anilines is 4. The van der Waals surface area contributed by atoms with Crippen LogP contribution >= 0.6 is 0 Å². The molecule has 0 atom stereocenters. The Labute approximate surface area is 186 Å². The summed E-state index contributed by atoms with van der Waals surface area (Å²) < 4.78 is 1.76. The number of hydrogen-bond donors (Lipinski definition) is 2. The fraction of sp³-hybridized carbons (Fsp3) is 0.250. The van der Waals surface area contributed by atoms with Gasteiger partial charge in [0.05, 0.1) is 5.39 Å². The molecular weight excluding hydrogens is 402 g/mol. The fourth-order valence-corrected chi connectivity index (χ4v) is 4.14. The van der Waals surface area contributed by atoms with E-state index in [1.54, 1.807) is 17.8 Å². The topological polar surface area (TPSA) is 88.0 Å². The van der Waals surface area contributed by atoms with Gasteiger partial charge in [0.15, 0.2) is 11.5 Å². The number of para-hydroxylation sites is 1. The van der Waals surface area contributed by atoms with Crippen LogP contribution in [0.3, 0.4) is 0 Å². The Morgan fingerprint density at radius 1 is 1.03 bits per heavy atom. The summed E-state index contributed by atoms with van der Waals surface area (Å²) in [6.45, 7) is 7.05. The molecule has 1 aliphatic rings. The molecule has 4 aromatic rings. The van der Waals surface area contributed by atoms with Gasteiger partial charge in [-0.2, -0.15) is 10.1 Å². The summed E-state index contributed by atoms with van der Waals surface area (Å²) in [5.41, 5.74) is 7.31. The van der Waals surface area contributed by atoms with Crippen molar-refractivity contribution in [3.8, 4) is 0 Å². The largest absolute Gasteiger partial charge is 0.338 e. The number of carbonyl (C=O) groups is 1. The van der Waals surface area contributed by atoms with Crippen LogP contribution in [0.15, 0.2) is 42.6 Å².